The van der Waals surface area contributed by atoms with Crippen LogP contribution in [-0.4, -0.2) is 12.1 Å². The van der Waals surface area contributed by atoms with Crippen LogP contribution in [-0.2, 0) is 4.74 Å². The first-order valence-corrected chi connectivity index (χ1v) is 6.28. The highest BCUT2D eigenvalue weighted by atomic mass is 19.3. The lowest BCUT2D eigenvalue weighted by molar-refractivity contribution is -0.201. The molecule has 2 aromatic carbocycles. The molecule has 0 spiro atoms. The van der Waals surface area contributed by atoms with Crippen molar-refractivity contribution in [1.82, 2.24) is 0 Å². The van der Waals surface area contributed by atoms with Gasteiger partial charge in [-0.2, -0.15) is 8.78 Å². The number of carbonyl (C=O) groups is 1. The summed E-state index contributed by atoms with van der Waals surface area (Å²) in [4.78, 5) is 11.7. The molecular formula is C16H14F2O2. The van der Waals surface area contributed by atoms with Crippen molar-refractivity contribution in [2.75, 3.05) is 0 Å². The van der Waals surface area contributed by atoms with Crippen molar-refractivity contribution in [3.63, 3.8) is 0 Å². The number of ether oxygens (including phenoxy) is 1. The summed E-state index contributed by atoms with van der Waals surface area (Å²) in [5.74, 6) is -1.02. The number of halogens is 2. The Hall–Kier alpha value is -2.23. The van der Waals surface area contributed by atoms with Gasteiger partial charge >= 0.3 is 12.1 Å². The molecule has 0 radical (unpaired) electrons. The Morgan fingerprint density at radius 1 is 1.05 bits per heavy atom. The highest BCUT2D eigenvalue weighted by molar-refractivity contribution is 5.91. The average Bonchev–Trinajstić information content (AvgIpc) is 2.48. The highest BCUT2D eigenvalue weighted by Gasteiger charge is 2.31. The topological polar surface area (TPSA) is 26.3 Å². The Labute approximate surface area is 116 Å². The van der Waals surface area contributed by atoms with Gasteiger partial charge in [-0.05, 0) is 23.3 Å². The van der Waals surface area contributed by atoms with Gasteiger partial charge in [0, 0.05) is 6.42 Å². The lowest BCUT2D eigenvalue weighted by Crippen LogP contribution is -2.23. The van der Waals surface area contributed by atoms with E-state index in [1.807, 2.05) is 36.4 Å². The normalized spacial score (nSPS) is 11.2. The van der Waals surface area contributed by atoms with Crippen LogP contribution in [0.2, 0.25) is 0 Å². The fourth-order valence-corrected chi connectivity index (χ4v) is 1.72. The van der Waals surface area contributed by atoms with E-state index in [2.05, 4.69) is 4.74 Å². The van der Waals surface area contributed by atoms with Crippen LogP contribution in [0.25, 0.3) is 11.1 Å². The zero-order chi connectivity index (χ0) is 14.6. The summed E-state index contributed by atoms with van der Waals surface area (Å²) in [6.07, 6.45) is -3.98. The summed E-state index contributed by atoms with van der Waals surface area (Å²) in [7, 11) is 0. The van der Waals surface area contributed by atoms with Gasteiger partial charge in [0.15, 0.2) is 0 Å². The highest BCUT2D eigenvalue weighted by Crippen LogP contribution is 2.24. The average molecular weight is 276 g/mol. The van der Waals surface area contributed by atoms with Gasteiger partial charge in [0.25, 0.3) is 0 Å². The van der Waals surface area contributed by atoms with Crippen molar-refractivity contribution < 1.29 is 18.3 Å². The molecule has 0 aromatic heterocycles. The van der Waals surface area contributed by atoms with Gasteiger partial charge in [0.05, 0.1) is 5.56 Å². The maximum atomic E-state index is 13.1. The molecule has 0 aliphatic rings. The number of carbonyl (C=O) groups excluding carboxylic acids is 1. The van der Waals surface area contributed by atoms with Crippen molar-refractivity contribution >= 4 is 5.97 Å². The SMILES string of the molecule is CCC(F)(F)OC(=O)c1cccc(-c2ccccc2)c1. The second-order valence-corrected chi connectivity index (χ2v) is 4.33. The molecular weight excluding hydrogens is 262 g/mol. The molecule has 4 heteroatoms. The Kier molecular flexibility index (Phi) is 4.13. The van der Waals surface area contributed by atoms with Gasteiger partial charge in [0.1, 0.15) is 0 Å². The molecule has 0 unspecified atom stereocenters. The quantitative estimate of drug-likeness (QED) is 0.768. The summed E-state index contributed by atoms with van der Waals surface area (Å²) < 4.78 is 30.3. The zero-order valence-corrected chi connectivity index (χ0v) is 11.0. The van der Waals surface area contributed by atoms with E-state index in [0.29, 0.717) is 0 Å². The minimum atomic E-state index is -3.43. The third-order valence-electron chi connectivity index (χ3n) is 2.86. The number of esters is 1. The van der Waals surface area contributed by atoms with Crippen LogP contribution in [0.1, 0.15) is 23.7 Å². The summed E-state index contributed by atoms with van der Waals surface area (Å²) >= 11 is 0. The Morgan fingerprint density at radius 3 is 2.35 bits per heavy atom. The number of rotatable bonds is 4. The third-order valence-corrected chi connectivity index (χ3v) is 2.86. The van der Waals surface area contributed by atoms with E-state index < -0.39 is 18.5 Å². The van der Waals surface area contributed by atoms with E-state index in [1.165, 1.54) is 13.0 Å². The second kappa shape index (κ2) is 5.82. The minimum Gasteiger partial charge on any atom is -0.397 e. The van der Waals surface area contributed by atoms with Crippen molar-refractivity contribution in [3.05, 3.63) is 60.2 Å². The van der Waals surface area contributed by atoms with Crippen LogP contribution in [0.15, 0.2) is 54.6 Å². The van der Waals surface area contributed by atoms with E-state index in [4.69, 9.17) is 0 Å². The van der Waals surface area contributed by atoms with E-state index in [0.717, 1.165) is 11.1 Å². The molecule has 2 rings (SSSR count). The fourth-order valence-electron chi connectivity index (χ4n) is 1.72. The van der Waals surface area contributed by atoms with Crippen molar-refractivity contribution in [1.29, 1.82) is 0 Å². The molecule has 0 N–H and O–H groups in total. The number of benzene rings is 2. The molecule has 0 aliphatic heterocycles. The molecule has 0 saturated carbocycles. The molecule has 0 atom stereocenters. The molecule has 0 aliphatic carbocycles. The first-order chi connectivity index (χ1) is 9.52. The van der Waals surface area contributed by atoms with Gasteiger partial charge in [0.2, 0.25) is 0 Å². The minimum absolute atomic E-state index is 0.111. The number of alkyl halides is 2. The van der Waals surface area contributed by atoms with Crippen LogP contribution < -0.4 is 0 Å². The van der Waals surface area contributed by atoms with Crippen LogP contribution in [0.4, 0.5) is 8.78 Å². The van der Waals surface area contributed by atoms with Crippen molar-refractivity contribution in [2.45, 2.75) is 19.5 Å². The monoisotopic (exact) mass is 276 g/mol. The lowest BCUT2D eigenvalue weighted by Gasteiger charge is -2.14. The Bertz CT molecular complexity index is 594. The molecule has 2 aromatic rings. The maximum Gasteiger partial charge on any atom is 0.399 e. The summed E-state index contributed by atoms with van der Waals surface area (Å²) in [6.45, 7) is 1.26. The van der Waals surface area contributed by atoms with Crippen LogP contribution in [0.3, 0.4) is 0 Å². The van der Waals surface area contributed by atoms with Crippen LogP contribution in [0.5, 0.6) is 0 Å². The van der Waals surface area contributed by atoms with Gasteiger partial charge in [-0.15, -0.1) is 0 Å². The maximum absolute atomic E-state index is 13.1. The van der Waals surface area contributed by atoms with E-state index in [1.54, 1.807) is 12.1 Å². The summed E-state index contributed by atoms with van der Waals surface area (Å²) in [5, 5.41) is 0. The standard InChI is InChI=1S/C16H14F2O2/c1-2-16(17,18)20-15(19)14-10-6-9-13(11-14)12-7-4-3-5-8-12/h3-11H,2H2,1H3. The predicted molar refractivity (Wildman–Crippen MR) is 72.5 cm³/mol. The van der Waals surface area contributed by atoms with E-state index in [-0.39, 0.29) is 5.56 Å². The fraction of sp³-hybridized carbons (Fsp3) is 0.188. The smallest absolute Gasteiger partial charge is 0.397 e. The zero-order valence-electron chi connectivity index (χ0n) is 11.0. The third kappa shape index (κ3) is 3.41. The summed E-state index contributed by atoms with van der Waals surface area (Å²) in [6, 6.07) is 15.8. The molecule has 2 nitrogen and oxygen atoms in total. The van der Waals surface area contributed by atoms with Crippen LogP contribution in [0, 0.1) is 0 Å². The Balaban J connectivity index is 2.25. The first-order valence-electron chi connectivity index (χ1n) is 6.28. The van der Waals surface area contributed by atoms with Gasteiger partial charge in [-0.1, -0.05) is 49.4 Å². The molecule has 0 bridgehead atoms. The number of hydrogen-bond acceptors (Lipinski definition) is 2. The van der Waals surface area contributed by atoms with Crippen molar-refractivity contribution in [3.8, 4) is 11.1 Å². The molecule has 0 fully saturated rings. The molecule has 104 valence electrons. The lowest BCUT2D eigenvalue weighted by atomic mass is 10.0. The summed E-state index contributed by atoms with van der Waals surface area (Å²) in [5.41, 5.74) is 1.80. The largest absolute Gasteiger partial charge is 0.399 e. The Morgan fingerprint density at radius 2 is 1.70 bits per heavy atom. The van der Waals surface area contributed by atoms with E-state index >= 15 is 0 Å². The van der Waals surface area contributed by atoms with Crippen molar-refractivity contribution in [2.24, 2.45) is 0 Å². The van der Waals surface area contributed by atoms with E-state index in [9.17, 15) is 13.6 Å². The molecule has 0 amide bonds. The molecule has 0 saturated heterocycles. The van der Waals surface area contributed by atoms with Gasteiger partial charge < -0.3 is 4.74 Å². The molecule has 20 heavy (non-hydrogen) atoms. The van der Waals surface area contributed by atoms with Gasteiger partial charge in [-0.3, -0.25) is 0 Å². The molecule has 0 heterocycles. The number of hydrogen-bond donors (Lipinski definition) is 0. The first kappa shape index (κ1) is 14.2. The predicted octanol–water partition coefficient (Wildman–Crippen LogP) is 4.51. The van der Waals surface area contributed by atoms with Gasteiger partial charge in [-0.25, -0.2) is 4.79 Å². The van der Waals surface area contributed by atoms with Crippen LogP contribution >= 0.6 is 0 Å². The second-order valence-electron chi connectivity index (χ2n) is 4.33.